The van der Waals surface area contributed by atoms with E-state index in [1.807, 2.05) is 13.0 Å². The molecule has 2 heterocycles. The molecule has 1 unspecified atom stereocenters. The van der Waals surface area contributed by atoms with Gasteiger partial charge in [-0.1, -0.05) is 29.3 Å². The van der Waals surface area contributed by atoms with Crippen LogP contribution >= 0.6 is 31.8 Å². The van der Waals surface area contributed by atoms with Crippen molar-refractivity contribution in [2.24, 2.45) is 0 Å². The molecular weight excluding hydrogens is 540 g/mol. The molecule has 1 aromatic carbocycles. The van der Waals surface area contributed by atoms with Crippen LogP contribution in [0.2, 0.25) is 10.0 Å². The third-order valence-electron chi connectivity index (χ3n) is 3.12. The molecule has 9 heteroatoms. The minimum Gasteiger partial charge on any atom is -0.342 e. The summed E-state index contributed by atoms with van der Waals surface area (Å²) in [4.78, 5) is 3.93. The Morgan fingerprint density at radius 2 is 2.08 bits per heavy atom. The summed E-state index contributed by atoms with van der Waals surface area (Å²) in [7, 11) is 1.08. The Morgan fingerprint density at radius 3 is 2.58 bits per heavy atom. The molecule has 0 N–H and O–H groups in total. The van der Waals surface area contributed by atoms with E-state index in [4.69, 9.17) is 32.7 Å². The van der Waals surface area contributed by atoms with Crippen molar-refractivity contribution in [3.05, 3.63) is 46.5 Å². The molecule has 1 fully saturated rings. The maximum Gasteiger partial charge on any atom is 0.217 e. The Hall–Kier alpha value is -0.0217. The summed E-state index contributed by atoms with van der Waals surface area (Å²) >= 11 is 12.2. The van der Waals surface area contributed by atoms with Gasteiger partial charge < -0.3 is 9.47 Å². The monoisotopic (exact) mass is 559 g/mol. The topological polar surface area (TPSA) is 49.2 Å². The molecule has 1 aromatic heterocycles. The minimum absolute atomic E-state index is 0. The fourth-order valence-corrected chi connectivity index (χ4v) is 2.83. The molecule has 0 saturated carbocycles. The molecule has 1 aliphatic heterocycles. The largest absolute Gasteiger partial charge is 0.342 e. The van der Waals surface area contributed by atoms with E-state index in [0.717, 1.165) is 14.1 Å². The molecule has 1 aliphatic rings. The first kappa shape index (κ1) is 22.0. The molecular formula is C15H20Cl2N3O2PW. The van der Waals surface area contributed by atoms with Crippen LogP contribution < -0.4 is 0 Å². The summed E-state index contributed by atoms with van der Waals surface area (Å²) in [5.41, 5.74) is 0.739. The normalized spacial score (nSPS) is 22.5. The number of benzene rings is 1. The van der Waals surface area contributed by atoms with E-state index in [1.165, 1.54) is 6.33 Å². The van der Waals surface area contributed by atoms with Crippen LogP contribution in [0.25, 0.3) is 0 Å². The molecule has 1 saturated heterocycles. The Labute approximate surface area is 168 Å². The average Bonchev–Trinajstić information content (AvgIpc) is 3.11. The Bertz CT molecular complexity index is 633. The van der Waals surface area contributed by atoms with Gasteiger partial charge in [-0.25, -0.2) is 9.67 Å². The third kappa shape index (κ3) is 5.49. The Balaban J connectivity index is 0.000000671. The number of aromatic nitrogens is 3. The molecule has 0 aliphatic carbocycles. The summed E-state index contributed by atoms with van der Waals surface area (Å²) in [6.45, 7) is 7.12. The molecule has 0 bridgehead atoms. The summed E-state index contributed by atoms with van der Waals surface area (Å²) in [5.74, 6) is -0.964. The van der Waals surface area contributed by atoms with Crippen LogP contribution in [0.15, 0.2) is 30.9 Å². The van der Waals surface area contributed by atoms with Gasteiger partial charge in [0.05, 0.1) is 17.7 Å². The van der Waals surface area contributed by atoms with E-state index in [-0.39, 0.29) is 27.2 Å². The van der Waals surface area contributed by atoms with Crippen molar-refractivity contribution in [2.75, 3.05) is 19.9 Å². The molecule has 0 radical (unpaired) electrons. The predicted octanol–water partition coefficient (Wildman–Crippen LogP) is 3.80. The number of ether oxygens (including phenoxy) is 2. The fraction of sp³-hybridized carbons (Fsp3) is 0.467. The van der Waals surface area contributed by atoms with Crippen molar-refractivity contribution < 1.29 is 30.5 Å². The maximum atomic E-state index is 6.30. The van der Waals surface area contributed by atoms with E-state index >= 15 is 0 Å². The molecule has 132 valence electrons. The van der Waals surface area contributed by atoms with Gasteiger partial charge in [0.15, 0.2) is 0 Å². The number of hydrogen-bond donors (Lipinski definition) is 0. The summed E-state index contributed by atoms with van der Waals surface area (Å²) in [5, 5.41) is 5.18. The molecule has 0 spiro atoms. The summed E-state index contributed by atoms with van der Waals surface area (Å²) in [6.07, 6.45) is 3.06. The van der Waals surface area contributed by atoms with Gasteiger partial charge in [-0.2, -0.15) is 5.10 Å². The smallest absolute Gasteiger partial charge is 0.217 e. The molecule has 24 heavy (non-hydrogen) atoms. The predicted molar refractivity (Wildman–Crippen MR) is 94.8 cm³/mol. The summed E-state index contributed by atoms with van der Waals surface area (Å²) in [6, 6.07) is 5.26. The molecule has 2 aromatic rings. The molecule has 3 rings (SSSR count). The van der Waals surface area contributed by atoms with Crippen molar-refractivity contribution in [3.8, 4) is 0 Å². The van der Waals surface area contributed by atoms with Gasteiger partial charge in [-0.15, -0.1) is 8.58 Å². The van der Waals surface area contributed by atoms with Crippen LogP contribution in [0.1, 0.15) is 12.5 Å². The molecule has 5 nitrogen and oxygen atoms in total. The first-order chi connectivity index (χ1) is 11.0. The van der Waals surface area contributed by atoms with E-state index < -0.39 is 5.79 Å². The minimum atomic E-state index is -0.964. The van der Waals surface area contributed by atoms with Crippen molar-refractivity contribution in [2.45, 2.75) is 25.4 Å². The zero-order valence-electron chi connectivity index (χ0n) is 13.7. The average molecular weight is 560 g/mol. The maximum absolute atomic E-state index is 6.30. The number of halogens is 2. The van der Waals surface area contributed by atoms with Crippen molar-refractivity contribution in [3.63, 3.8) is 0 Å². The quantitative estimate of drug-likeness (QED) is 0.537. The van der Waals surface area contributed by atoms with Crippen LogP contribution in [-0.2, 0) is 42.9 Å². The SMILES string of the molecule is CPC.C[C@@H]1COC(Cn2cncn2)(c2ccc(Cl)cc2Cl)O1.[W]. The Kier molecular flexibility index (Phi) is 9.36. The standard InChI is InChI=1S/C13H13Cl2N3O2.C2H7P.W/c1-9-5-19-13(20-9,6-18-8-16-7-17-18)11-3-2-10(14)4-12(11)15;1-3-2;/h2-4,7-9H,5-6H2,1H3;3H,1-2H3;/t9-,13?;;/m1../s1. The first-order valence-corrected chi connectivity index (χ1v) is 9.94. The number of hydrogen-bond acceptors (Lipinski definition) is 4. The zero-order chi connectivity index (χ0) is 16.9. The summed E-state index contributed by atoms with van der Waals surface area (Å²) < 4.78 is 13.5. The fourth-order valence-electron chi connectivity index (χ4n) is 2.28. The van der Waals surface area contributed by atoms with Gasteiger partial charge in [-0.05, 0) is 32.4 Å². The van der Waals surface area contributed by atoms with Crippen LogP contribution in [0.3, 0.4) is 0 Å². The second kappa shape index (κ2) is 10.2. The number of nitrogens with zero attached hydrogens (tertiary/aromatic N) is 3. The van der Waals surface area contributed by atoms with E-state index in [0.29, 0.717) is 23.2 Å². The van der Waals surface area contributed by atoms with Gasteiger partial charge in [0.25, 0.3) is 0 Å². The third-order valence-corrected chi connectivity index (χ3v) is 3.67. The van der Waals surface area contributed by atoms with E-state index in [2.05, 4.69) is 23.4 Å². The van der Waals surface area contributed by atoms with Crippen LogP contribution in [0.5, 0.6) is 0 Å². The van der Waals surface area contributed by atoms with Crippen molar-refractivity contribution in [1.82, 2.24) is 14.8 Å². The first-order valence-electron chi connectivity index (χ1n) is 7.19. The van der Waals surface area contributed by atoms with Gasteiger partial charge in [-0.3, -0.25) is 0 Å². The van der Waals surface area contributed by atoms with Crippen molar-refractivity contribution >= 4 is 31.8 Å². The van der Waals surface area contributed by atoms with E-state index in [9.17, 15) is 0 Å². The van der Waals surface area contributed by atoms with Crippen molar-refractivity contribution in [1.29, 1.82) is 0 Å². The zero-order valence-corrected chi connectivity index (χ0v) is 19.1. The van der Waals surface area contributed by atoms with Crippen LogP contribution in [0.4, 0.5) is 0 Å². The number of rotatable bonds is 3. The van der Waals surface area contributed by atoms with Crippen LogP contribution in [-0.4, -0.2) is 40.8 Å². The van der Waals surface area contributed by atoms with Gasteiger partial charge in [0, 0.05) is 31.7 Å². The Morgan fingerprint density at radius 1 is 1.38 bits per heavy atom. The van der Waals surface area contributed by atoms with E-state index in [1.54, 1.807) is 23.1 Å². The second-order valence-electron chi connectivity index (χ2n) is 5.21. The van der Waals surface area contributed by atoms with Gasteiger partial charge >= 0.3 is 0 Å². The van der Waals surface area contributed by atoms with Crippen LogP contribution in [0, 0.1) is 0 Å². The van der Waals surface area contributed by atoms with Gasteiger partial charge in [0.2, 0.25) is 5.79 Å². The molecule has 2 atom stereocenters. The second-order valence-corrected chi connectivity index (χ2v) is 7.05. The molecule has 0 amide bonds. The van der Waals surface area contributed by atoms with Gasteiger partial charge in [0.1, 0.15) is 19.2 Å².